The SMILES string of the molecule is N#CCCN1CCN([C@@H](C(=O)O)c2c[nH]c3cc(NC(=O)c4ccccc4)ccc23)CC1. The molecule has 0 radical (unpaired) electrons. The monoisotopic (exact) mass is 431 g/mol. The summed E-state index contributed by atoms with van der Waals surface area (Å²) in [6, 6.07) is 15.8. The van der Waals surface area contributed by atoms with Crippen LogP contribution in [0.4, 0.5) is 5.69 Å². The van der Waals surface area contributed by atoms with Gasteiger partial charge in [0.2, 0.25) is 0 Å². The summed E-state index contributed by atoms with van der Waals surface area (Å²) >= 11 is 0. The summed E-state index contributed by atoms with van der Waals surface area (Å²) in [4.78, 5) is 31.9. The number of nitrogens with one attached hydrogen (secondary N) is 2. The van der Waals surface area contributed by atoms with Gasteiger partial charge in [0.1, 0.15) is 6.04 Å². The molecule has 1 saturated heterocycles. The first-order valence-corrected chi connectivity index (χ1v) is 10.6. The second-order valence-corrected chi connectivity index (χ2v) is 7.85. The van der Waals surface area contributed by atoms with Crippen LogP contribution in [0.3, 0.4) is 0 Å². The standard InChI is InChI=1S/C24H25N5O3/c25-9-4-10-28-11-13-29(14-12-28)22(24(31)32)20-16-26-21-15-18(7-8-19(20)21)27-23(30)17-5-2-1-3-6-17/h1-3,5-8,15-16,22,26H,4,10-14H2,(H,27,30)(H,31,32)/t22-/m1/s1. The first-order valence-electron chi connectivity index (χ1n) is 10.6. The van der Waals surface area contributed by atoms with Crippen LogP contribution in [-0.4, -0.2) is 64.5 Å². The largest absolute Gasteiger partial charge is 0.480 e. The lowest BCUT2D eigenvalue weighted by atomic mass is 10.0. The number of rotatable bonds is 7. The number of benzene rings is 2. The molecule has 1 amide bonds. The van der Waals surface area contributed by atoms with E-state index < -0.39 is 12.0 Å². The van der Waals surface area contributed by atoms with E-state index >= 15 is 0 Å². The first kappa shape index (κ1) is 21.6. The number of carboxylic acids is 1. The fourth-order valence-corrected chi connectivity index (χ4v) is 4.18. The number of nitriles is 1. The Kier molecular flexibility index (Phi) is 6.50. The number of aliphatic carboxylic acids is 1. The van der Waals surface area contributed by atoms with Gasteiger partial charge in [0.15, 0.2) is 0 Å². The molecule has 0 aliphatic carbocycles. The van der Waals surface area contributed by atoms with E-state index in [4.69, 9.17) is 5.26 Å². The molecule has 0 unspecified atom stereocenters. The van der Waals surface area contributed by atoms with Crippen LogP contribution in [0, 0.1) is 11.3 Å². The molecule has 2 aromatic carbocycles. The van der Waals surface area contributed by atoms with Gasteiger partial charge in [-0.2, -0.15) is 5.26 Å². The van der Waals surface area contributed by atoms with Crippen molar-refractivity contribution in [2.24, 2.45) is 0 Å². The molecule has 8 heteroatoms. The van der Waals surface area contributed by atoms with Crippen LogP contribution in [-0.2, 0) is 4.79 Å². The fraction of sp³-hybridized carbons (Fsp3) is 0.292. The summed E-state index contributed by atoms with van der Waals surface area (Å²) < 4.78 is 0. The number of carbonyl (C=O) groups excluding carboxylic acids is 1. The van der Waals surface area contributed by atoms with Gasteiger partial charge in [-0.25, -0.2) is 0 Å². The molecule has 3 N–H and O–H groups in total. The molecule has 1 aliphatic heterocycles. The smallest absolute Gasteiger partial charge is 0.325 e. The second-order valence-electron chi connectivity index (χ2n) is 7.85. The molecule has 1 fully saturated rings. The Morgan fingerprint density at radius 2 is 1.88 bits per heavy atom. The molecule has 8 nitrogen and oxygen atoms in total. The summed E-state index contributed by atoms with van der Waals surface area (Å²) in [5.74, 6) is -1.09. The lowest BCUT2D eigenvalue weighted by molar-refractivity contribution is -0.144. The predicted octanol–water partition coefficient (Wildman–Crippen LogP) is 3.08. The topological polar surface area (TPSA) is 112 Å². The molecule has 1 aromatic heterocycles. The van der Waals surface area contributed by atoms with Gasteiger partial charge in [0.05, 0.1) is 6.07 Å². The highest BCUT2D eigenvalue weighted by Gasteiger charge is 2.32. The van der Waals surface area contributed by atoms with Gasteiger partial charge in [-0.1, -0.05) is 24.3 Å². The Balaban J connectivity index is 1.51. The molecule has 0 saturated carbocycles. The Labute approximate surface area is 186 Å². The zero-order chi connectivity index (χ0) is 22.5. The van der Waals surface area contributed by atoms with Crippen LogP contribution >= 0.6 is 0 Å². The number of aromatic amines is 1. The van der Waals surface area contributed by atoms with Gasteiger partial charge in [0.25, 0.3) is 5.91 Å². The summed E-state index contributed by atoms with van der Waals surface area (Å²) in [6.45, 7) is 3.44. The van der Waals surface area contributed by atoms with E-state index in [1.807, 2.05) is 35.2 Å². The van der Waals surface area contributed by atoms with Gasteiger partial charge in [-0.3, -0.25) is 19.4 Å². The normalized spacial score (nSPS) is 15.8. The molecular weight excluding hydrogens is 406 g/mol. The molecule has 0 spiro atoms. The van der Waals surface area contributed by atoms with E-state index in [9.17, 15) is 14.7 Å². The van der Waals surface area contributed by atoms with Crippen LogP contribution < -0.4 is 5.32 Å². The predicted molar refractivity (Wildman–Crippen MR) is 121 cm³/mol. The number of H-pyrrole nitrogens is 1. The number of anilines is 1. The lowest BCUT2D eigenvalue weighted by Gasteiger charge is -2.37. The number of carboxylic acid groups (broad SMARTS) is 1. The van der Waals surface area contributed by atoms with Crippen molar-refractivity contribution in [2.75, 3.05) is 38.0 Å². The zero-order valence-electron chi connectivity index (χ0n) is 17.6. The van der Waals surface area contributed by atoms with E-state index in [-0.39, 0.29) is 5.91 Å². The molecular formula is C24H25N5O3. The summed E-state index contributed by atoms with van der Waals surface area (Å²) in [5.41, 5.74) is 2.68. The molecule has 0 bridgehead atoms. The van der Waals surface area contributed by atoms with Crippen LogP contribution in [0.1, 0.15) is 28.4 Å². The summed E-state index contributed by atoms with van der Waals surface area (Å²) in [6.07, 6.45) is 2.22. The van der Waals surface area contributed by atoms with Crippen LogP contribution in [0.2, 0.25) is 0 Å². The Hall–Kier alpha value is -3.67. The zero-order valence-corrected chi connectivity index (χ0v) is 17.6. The summed E-state index contributed by atoms with van der Waals surface area (Å²) in [7, 11) is 0. The quantitative estimate of drug-likeness (QED) is 0.530. The van der Waals surface area contributed by atoms with Crippen molar-refractivity contribution >= 4 is 28.5 Å². The highest BCUT2D eigenvalue weighted by molar-refractivity contribution is 6.05. The van der Waals surface area contributed by atoms with Crippen molar-refractivity contribution in [3.05, 3.63) is 65.9 Å². The van der Waals surface area contributed by atoms with E-state index in [0.29, 0.717) is 42.9 Å². The third kappa shape index (κ3) is 4.64. The van der Waals surface area contributed by atoms with Crippen molar-refractivity contribution in [1.29, 1.82) is 5.26 Å². The van der Waals surface area contributed by atoms with E-state index in [0.717, 1.165) is 24.0 Å². The average Bonchev–Trinajstić information content (AvgIpc) is 3.22. The number of piperazine rings is 1. The molecule has 1 aliphatic rings. The minimum absolute atomic E-state index is 0.200. The highest BCUT2D eigenvalue weighted by atomic mass is 16.4. The van der Waals surface area contributed by atoms with Gasteiger partial charge in [0, 0.05) is 73.1 Å². The van der Waals surface area contributed by atoms with Crippen molar-refractivity contribution < 1.29 is 14.7 Å². The Morgan fingerprint density at radius 1 is 1.12 bits per heavy atom. The van der Waals surface area contributed by atoms with Gasteiger partial charge in [-0.05, 0) is 24.3 Å². The van der Waals surface area contributed by atoms with Crippen molar-refractivity contribution in [2.45, 2.75) is 12.5 Å². The number of amides is 1. The highest BCUT2D eigenvalue weighted by Crippen LogP contribution is 2.31. The summed E-state index contributed by atoms with van der Waals surface area (Å²) in [5, 5.41) is 22.5. The van der Waals surface area contributed by atoms with E-state index in [2.05, 4.69) is 21.3 Å². The minimum atomic E-state index is -0.891. The molecule has 164 valence electrons. The molecule has 4 rings (SSSR count). The average molecular weight is 431 g/mol. The molecule has 32 heavy (non-hydrogen) atoms. The van der Waals surface area contributed by atoms with Crippen LogP contribution in [0.15, 0.2) is 54.7 Å². The van der Waals surface area contributed by atoms with E-state index in [1.54, 1.807) is 24.4 Å². The molecule has 3 aromatic rings. The lowest BCUT2D eigenvalue weighted by Crippen LogP contribution is -2.49. The maximum absolute atomic E-state index is 12.4. The second kappa shape index (κ2) is 9.64. The maximum Gasteiger partial charge on any atom is 0.325 e. The first-order chi connectivity index (χ1) is 15.6. The minimum Gasteiger partial charge on any atom is -0.480 e. The van der Waals surface area contributed by atoms with Crippen molar-refractivity contribution in [3.8, 4) is 6.07 Å². The molecule has 2 heterocycles. The fourth-order valence-electron chi connectivity index (χ4n) is 4.18. The van der Waals surface area contributed by atoms with Crippen LogP contribution in [0.5, 0.6) is 0 Å². The maximum atomic E-state index is 12.4. The van der Waals surface area contributed by atoms with Crippen molar-refractivity contribution in [3.63, 3.8) is 0 Å². The third-order valence-electron chi connectivity index (χ3n) is 5.85. The third-order valence-corrected chi connectivity index (χ3v) is 5.85. The number of hydrogen-bond acceptors (Lipinski definition) is 5. The van der Waals surface area contributed by atoms with Crippen LogP contribution in [0.25, 0.3) is 10.9 Å². The van der Waals surface area contributed by atoms with Gasteiger partial charge in [-0.15, -0.1) is 0 Å². The Morgan fingerprint density at radius 3 is 2.56 bits per heavy atom. The number of nitrogens with zero attached hydrogens (tertiary/aromatic N) is 3. The van der Waals surface area contributed by atoms with Gasteiger partial charge >= 0.3 is 5.97 Å². The molecule has 1 atom stereocenters. The van der Waals surface area contributed by atoms with Gasteiger partial charge < -0.3 is 15.4 Å². The Bertz CT molecular complexity index is 1140. The number of aromatic nitrogens is 1. The number of fused-ring (bicyclic) bond motifs is 1. The number of carbonyl (C=O) groups is 2. The number of hydrogen-bond donors (Lipinski definition) is 3. The van der Waals surface area contributed by atoms with Crippen molar-refractivity contribution in [1.82, 2.24) is 14.8 Å². The van der Waals surface area contributed by atoms with E-state index in [1.165, 1.54) is 0 Å².